The van der Waals surface area contributed by atoms with Gasteiger partial charge in [-0.25, -0.2) is 4.99 Å². The maximum absolute atomic E-state index is 4.33. The molecule has 1 aliphatic heterocycles. The van der Waals surface area contributed by atoms with Crippen molar-refractivity contribution in [2.75, 3.05) is 26.2 Å². The largest absolute Gasteiger partial charge is 0.369 e. The van der Waals surface area contributed by atoms with Gasteiger partial charge >= 0.3 is 0 Å². The van der Waals surface area contributed by atoms with E-state index in [2.05, 4.69) is 21.8 Å². The van der Waals surface area contributed by atoms with E-state index < -0.39 is 0 Å². The van der Waals surface area contributed by atoms with Crippen LogP contribution < -0.4 is 5.32 Å². The van der Waals surface area contributed by atoms with E-state index in [4.69, 9.17) is 0 Å². The summed E-state index contributed by atoms with van der Waals surface area (Å²) in [5.74, 6) is 0.935. The van der Waals surface area contributed by atoms with Crippen LogP contribution in [0.3, 0.4) is 0 Å². The first kappa shape index (κ1) is 14.0. The van der Waals surface area contributed by atoms with Crippen LogP contribution in [0.2, 0.25) is 0 Å². The number of hydrogen-bond donors (Lipinski definition) is 1. The SMILES string of the molecule is C=C(C)C=N/C(=C\C)NCCN1CCCCC1. The third-order valence-corrected chi connectivity index (χ3v) is 2.88. The van der Waals surface area contributed by atoms with E-state index in [1.807, 2.05) is 19.9 Å². The molecule has 96 valence electrons. The number of allylic oxidation sites excluding steroid dienone is 2. The van der Waals surface area contributed by atoms with Crippen molar-refractivity contribution in [1.29, 1.82) is 0 Å². The Labute approximate surface area is 105 Å². The molecule has 0 saturated carbocycles. The van der Waals surface area contributed by atoms with Crippen molar-refractivity contribution in [3.8, 4) is 0 Å². The Hall–Kier alpha value is -1.09. The molecule has 0 atom stereocenters. The minimum absolute atomic E-state index is 0.935. The number of likely N-dealkylation sites (tertiary alicyclic amines) is 1. The predicted molar refractivity (Wildman–Crippen MR) is 75.4 cm³/mol. The Bertz CT molecular complexity index is 286. The Morgan fingerprint density at radius 1 is 1.35 bits per heavy atom. The van der Waals surface area contributed by atoms with Crippen molar-refractivity contribution in [3.63, 3.8) is 0 Å². The lowest BCUT2D eigenvalue weighted by Crippen LogP contribution is -2.35. The Kier molecular flexibility index (Phi) is 6.63. The Balaban J connectivity index is 2.21. The smallest absolute Gasteiger partial charge is 0.121 e. The van der Waals surface area contributed by atoms with Gasteiger partial charge in [0, 0.05) is 19.3 Å². The number of nitrogens with one attached hydrogen (secondary N) is 1. The fourth-order valence-corrected chi connectivity index (χ4v) is 1.93. The van der Waals surface area contributed by atoms with Crippen molar-refractivity contribution in [2.45, 2.75) is 33.1 Å². The van der Waals surface area contributed by atoms with Gasteiger partial charge in [-0.2, -0.15) is 0 Å². The average Bonchev–Trinajstić information content (AvgIpc) is 2.34. The molecule has 1 N–H and O–H groups in total. The summed E-state index contributed by atoms with van der Waals surface area (Å²) in [6.45, 7) is 12.3. The summed E-state index contributed by atoms with van der Waals surface area (Å²) in [6.07, 6.45) is 7.89. The molecule has 0 spiro atoms. The third-order valence-electron chi connectivity index (χ3n) is 2.88. The molecule has 1 saturated heterocycles. The highest BCUT2D eigenvalue weighted by atomic mass is 15.1. The summed E-state index contributed by atoms with van der Waals surface area (Å²) in [6, 6.07) is 0. The second-order valence-electron chi connectivity index (χ2n) is 4.61. The number of hydrogen-bond acceptors (Lipinski definition) is 3. The van der Waals surface area contributed by atoms with Gasteiger partial charge in [-0.3, -0.25) is 0 Å². The van der Waals surface area contributed by atoms with Crippen molar-refractivity contribution in [3.05, 3.63) is 24.0 Å². The highest BCUT2D eigenvalue weighted by Crippen LogP contribution is 2.07. The van der Waals surface area contributed by atoms with Gasteiger partial charge in [0.05, 0.1) is 0 Å². The van der Waals surface area contributed by atoms with Gasteiger partial charge in [0.1, 0.15) is 5.82 Å². The normalized spacial score (nSPS) is 18.6. The van der Waals surface area contributed by atoms with Crippen LogP contribution in [0.1, 0.15) is 33.1 Å². The second kappa shape index (κ2) is 8.07. The summed E-state index contributed by atoms with van der Waals surface area (Å²) < 4.78 is 0. The van der Waals surface area contributed by atoms with Crippen molar-refractivity contribution >= 4 is 6.21 Å². The standard InChI is InChI=1S/C14H25N3/c1-4-14(16-12-13(2)3)15-8-11-17-9-6-5-7-10-17/h4,12,15H,2,5-11H2,1,3H3/b14-4-,16-12?. The van der Waals surface area contributed by atoms with E-state index >= 15 is 0 Å². The lowest BCUT2D eigenvalue weighted by Gasteiger charge is -2.26. The molecule has 3 nitrogen and oxygen atoms in total. The molecular weight excluding hydrogens is 210 g/mol. The van der Waals surface area contributed by atoms with Crippen LogP contribution in [0.5, 0.6) is 0 Å². The van der Waals surface area contributed by atoms with Gasteiger partial charge in [-0.1, -0.05) is 13.0 Å². The molecule has 0 radical (unpaired) electrons. The van der Waals surface area contributed by atoms with Crippen LogP contribution in [0.4, 0.5) is 0 Å². The van der Waals surface area contributed by atoms with Crippen LogP contribution in [0, 0.1) is 0 Å². The Morgan fingerprint density at radius 3 is 2.65 bits per heavy atom. The zero-order valence-corrected chi connectivity index (χ0v) is 11.2. The molecule has 1 rings (SSSR count). The number of aliphatic imine (C=N–C) groups is 1. The number of nitrogens with zero attached hydrogens (tertiary/aromatic N) is 2. The summed E-state index contributed by atoms with van der Waals surface area (Å²) >= 11 is 0. The van der Waals surface area contributed by atoms with Gasteiger partial charge in [0.15, 0.2) is 0 Å². The van der Waals surface area contributed by atoms with Gasteiger partial charge in [0.2, 0.25) is 0 Å². The molecule has 0 aromatic rings. The van der Waals surface area contributed by atoms with Gasteiger partial charge in [0.25, 0.3) is 0 Å². The minimum atomic E-state index is 0.935. The molecule has 1 heterocycles. The van der Waals surface area contributed by atoms with Crippen LogP contribution >= 0.6 is 0 Å². The third kappa shape index (κ3) is 6.27. The molecule has 3 heteroatoms. The quantitative estimate of drug-likeness (QED) is 0.717. The highest BCUT2D eigenvalue weighted by Gasteiger charge is 2.08. The van der Waals surface area contributed by atoms with E-state index in [0.717, 1.165) is 24.5 Å². The number of piperidine rings is 1. The molecule has 0 unspecified atom stereocenters. The highest BCUT2D eigenvalue weighted by molar-refractivity contribution is 5.77. The summed E-state index contributed by atoms with van der Waals surface area (Å²) in [5, 5.41) is 3.35. The monoisotopic (exact) mass is 235 g/mol. The van der Waals surface area contributed by atoms with Gasteiger partial charge in [-0.15, -0.1) is 0 Å². The molecular formula is C14H25N3. The lowest BCUT2D eigenvalue weighted by atomic mass is 10.1. The van der Waals surface area contributed by atoms with Gasteiger partial charge in [-0.05, 0) is 51.4 Å². The zero-order chi connectivity index (χ0) is 12.5. The van der Waals surface area contributed by atoms with E-state index in [9.17, 15) is 0 Å². The maximum atomic E-state index is 4.33. The first-order chi connectivity index (χ1) is 8.22. The number of rotatable bonds is 6. The van der Waals surface area contributed by atoms with Gasteiger partial charge < -0.3 is 10.2 Å². The fraction of sp³-hybridized carbons (Fsp3) is 0.643. The minimum Gasteiger partial charge on any atom is -0.369 e. The fourth-order valence-electron chi connectivity index (χ4n) is 1.93. The van der Waals surface area contributed by atoms with E-state index in [1.165, 1.54) is 32.4 Å². The van der Waals surface area contributed by atoms with E-state index in [1.54, 1.807) is 6.21 Å². The molecule has 17 heavy (non-hydrogen) atoms. The molecule has 0 bridgehead atoms. The van der Waals surface area contributed by atoms with E-state index in [-0.39, 0.29) is 0 Å². The van der Waals surface area contributed by atoms with Crippen LogP contribution in [-0.4, -0.2) is 37.3 Å². The summed E-state index contributed by atoms with van der Waals surface area (Å²) in [4.78, 5) is 6.85. The maximum Gasteiger partial charge on any atom is 0.121 e. The lowest BCUT2D eigenvalue weighted by molar-refractivity contribution is 0.231. The average molecular weight is 235 g/mol. The Morgan fingerprint density at radius 2 is 2.06 bits per heavy atom. The second-order valence-corrected chi connectivity index (χ2v) is 4.61. The van der Waals surface area contributed by atoms with Crippen molar-refractivity contribution in [1.82, 2.24) is 10.2 Å². The molecule has 1 fully saturated rings. The molecule has 0 aromatic carbocycles. The van der Waals surface area contributed by atoms with Crippen LogP contribution in [0.25, 0.3) is 0 Å². The topological polar surface area (TPSA) is 27.6 Å². The van der Waals surface area contributed by atoms with Crippen LogP contribution in [0.15, 0.2) is 29.0 Å². The summed E-state index contributed by atoms with van der Waals surface area (Å²) in [7, 11) is 0. The molecule has 0 aromatic heterocycles. The van der Waals surface area contributed by atoms with Crippen molar-refractivity contribution in [2.24, 2.45) is 4.99 Å². The van der Waals surface area contributed by atoms with Crippen molar-refractivity contribution < 1.29 is 0 Å². The first-order valence-corrected chi connectivity index (χ1v) is 6.54. The predicted octanol–water partition coefficient (Wildman–Crippen LogP) is 2.57. The summed E-state index contributed by atoms with van der Waals surface area (Å²) in [5.41, 5.74) is 0.974. The van der Waals surface area contributed by atoms with Crippen LogP contribution in [-0.2, 0) is 0 Å². The van der Waals surface area contributed by atoms with E-state index in [0.29, 0.717) is 0 Å². The zero-order valence-electron chi connectivity index (χ0n) is 11.2. The molecule has 1 aliphatic rings. The first-order valence-electron chi connectivity index (χ1n) is 6.54. The molecule has 0 aliphatic carbocycles. The molecule has 0 amide bonds.